The summed E-state index contributed by atoms with van der Waals surface area (Å²) < 4.78 is 0. The van der Waals surface area contributed by atoms with Crippen molar-refractivity contribution in [2.45, 2.75) is 19.9 Å². The lowest BCUT2D eigenvalue weighted by Gasteiger charge is -2.07. The minimum absolute atomic E-state index is 0.0647. The zero-order valence-corrected chi connectivity index (χ0v) is 12.6. The number of nitro groups is 1. The fraction of sp³-hybridized carbons (Fsp3) is 0.250. The van der Waals surface area contributed by atoms with Gasteiger partial charge in [0.25, 0.3) is 5.69 Å². The Morgan fingerprint density at radius 3 is 2.76 bits per heavy atom. The maximum Gasteiger partial charge on any atom is 0.269 e. The number of hydrogen-bond donors (Lipinski definition) is 1. The fourth-order valence-electron chi connectivity index (χ4n) is 2.13. The van der Waals surface area contributed by atoms with E-state index in [1.54, 1.807) is 6.07 Å². The Hall–Kier alpha value is -1.91. The van der Waals surface area contributed by atoms with Crippen LogP contribution in [0.2, 0.25) is 5.02 Å². The molecule has 5 heteroatoms. The average molecular weight is 305 g/mol. The first-order valence-electron chi connectivity index (χ1n) is 6.75. The van der Waals surface area contributed by atoms with E-state index in [1.165, 1.54) is 23.3 Å². The molecule has 4 nitrogen and oxygen atoms in total. The highest BCUT2D eigenvalue weighted by atomic mass is 35.5. The van der Waals surface area contributed by atoms with Gasteiger partial charge in [0, 0.05) is 23.7 Å². The number of nitro benzene ring substituents is 1. The summed E-state index contributed by atoms with van der Waals surface area (Å²) >= 11 is 6.06. The fourth-order valence-corrected chi connectivity index (χ4v) is 2.32. The first kappa shape index (κ1) is 15.5. The molecular weight excluding hydrogens is 288 g/mol. The van der Waals surface area contributed by atoms with Gasteiger partial charge in [0.15, 0.2) is 0 Å². The summed E-state index contributed by atoms with van der Waals surface area (Å²) in [7, 11) is 0. The summed E-state index contributed by atoms with van der Waals surface area (Å²) in [5, 5.41) is 14.6. The van der Waals surface area contributed by atoms with Crippen LogP contribution in [0.15, 0.2) is 42.5 Å². The summed E-state index contributed by atoms with van der Waals surface area (Å²) in [5.74, 6) is 0. The molecule has 2 aromatic carbocycles. The molecule has 2 rings (SSSR count). The van der Waals surface area contributed by atoms with Crippen molar-refractivity contribution in [1.29, 1.82) is 0 Å². The molecule has 0 radical (unpaired) electrons. The second-order valence-electron chi connectivity index (χ2n) is 4.95. The van der Waals surface area contributed by atoms with Crippen molar-refractivity contribution in [2.75, 3.05) is 6.54 Å². The van der Waals surface area contributed by atoms with E-state index < -0.39 is 4.92 Å². The standard InChI is InChI=1S/C16H17ClN2O2/c1-12-3-2-4-13(9-12)7-8-18-11-14-10-15(19(20)21)5-6-16(14)17/h2-6,9-10,18H,7-8,11H2,1H3. The van der Waals surface area contributed by atoms with Crippen LogP contribution in [0, 0.1) is 17.0 Å². The van der Waals surface area contributed by atoms with Gasteiger partial charge >= 0.3 is 0 Å². The van der Waals surface area contributed by atoms with E-state index in [-0.39, 0.29) is 5.69 Å². The third-order valence-electron chi connectivity index (χ3n) is 3.23. The van der Waals surface area contributed by atoms with Crippen LogP contribution in [0.5, 0.6) is 0 Å². The number of halogens is 1. The van der Waals surface area contributed by atoms with Gasteiger partial charge in [-0.3, -0.25) is 10.1 Å². The van der Waals surface area contributed by atoms with Gasteiger partial charge in [-0.05, 0) is 37.1 Å². The van der Waals surface area contributed by atoms with Crippen LogP contribution in [0.3, 0.4) is 0 Å². The normalized spacial score (nSPS) is 10.6. The Labute approximate surface area is 128 Å². The number of rotatable bonds is 6. The molecule has 0 aliphatic heterocycles. The molecule has 0 saturated heterocycles. The van der Waals surface area contributed by atoms with Gasteiger partial charge in [-0.2, -0.15) is 0 Å². The van der Waals surface area contributed by atoms with Gasteiger partial charge in [-0.15, -0.1) is 0 Å². The molecule has 1 N–H and O–H groups in total. The highest BCUT2D eigenvalue weighted by Gasteiger charge is 2.09. The molecule has 2 aromatic rings. The van der Waals surface area contributed by atoms with E-state index in [2.05, 4.69) is 30.4 Å². The molecule has 0 atom stereocenters. The second-order valence-corrected chi connectivity index (χ2v) is 5.36. The lowest BCUT2D eigenvalue weighted by molar-refractivity contribution is -0.384. The Morgan fingerprint density at radius 1 is 1.24 bits per heavy atom. The number of nitrogens with zero attached hydrogens (tertiary/aromatic N) is 1. The topological polar surface area (TPSA) is 55.2 Å². The lowest BCUT2D eigenvalue weighted by atomic mass is 10.1. The van der Waals surface area contributed by atoms with E-state index in [4.69, 9.17) is 11.6 Å². The summed E-state index contributed by atoms with van der Waals surface area (Å²) in [5.41, 5.74) is 3.33. The van der Waals surface area contributed by atoms with Crippen molar-refractivity contribution < 1.29 is 4.92 Å². The van der Waals surface area contributed by atoms with Crippen LogP contribution in [0.25, 0.3) is 0 Å². The minimum Gasteiger partial charge on any atom is -0.312 e. The van der Waals surface area contributed by atoms with Crippen molar-refractivity contribution in [2.24, 2.45) is 0 Å². The minimum atomic E-state index is -0.410. The van der Waals surface area contributed by atoms with Gasteiger partial charge in [0.1, 0.15) is 0 Å². The third-order valence-corrected chi connectivity index (χ3v) is 3.60. The van der Waals surface area contributed by atoms with Gasteiger partial charge in [-0.1, -0.05) is 41.4 Å². The molecule has 0 amide bonds. The number of aryl methyl sites for hydroxylation is 1. The maximum atomic E-state index is 10.8. The number of hydrogen-bond acceptors (Lipinski definition) is 3. The van der Waals surface area contributed by atoms with E-state index in [1.807, 2.05) is 6.07 Å². The van der Waals surface area contributed by atoms with Crippen LogP contribution in [0.4, 0.5) is 5.69 Å². The monoisotopic (exact) mass is 304 g/mol. The van der Waals surface area contributed by atoms with Crippen molar-refractivity contribution >= 4 is 17.3 Å². The molecule has 0 unspecified atom stereocenters. The smallest absolute Gasteiger partial charge is 0.269 e. The van der Waals surface area contributed by atoms with Crippen molar-refractivity contribution in [3.63, 3.8) is 0 Å². The SMILES string of the molecule is Cc1cccc(CCNCc2cc([N+](=O)[O-])ccc2Cl)c1. The van der Waals surface area contributed by atoms with Crippen LogP contribution >= 0.6 is 11.6 Å². The molecule has 0 spiro atoms. The Balaban J connectivity index is 1.88. The molecule has 110 valence electrons. The Bertz CT molecular complexity index is 644. The van der Waals surface area contributed by atoms with Gasteiger partial charge in [0.2, 0.25) is 0 Å². The molecule has 0 heterocycles. The number of nitrogens with one attached hydrogen (secondary N) is 1. The third kappa shape index (κ3) is 4.55. The number of non-ortho nitro benzene ring substituents is 1. The predicted molar refractivity (Wildman–Crippen MR) is 84.7 cm³/mol. The molecule has 21 heavy (non-hydrogen) atoms. The van der Waals surface area contributed by atoms with Crippen molar-refractivity contribution in [3.8, 4) is 0 Å². The quantitative estimate of drug-likeness (QED) is 0.500. The van der Waals surface area contributed by atoms with Crippen molar-refractivity contribution in [3.05, 3.63) is 74.3 Å². The highest BCUT2D eigenvalue weighted by Crippen LogP contribution is 2.21. The molecule has 0 aromatic heterocycles. The summed E-state index contributed by atoms with van der Waals surface area (Å²) in [6, 6.07) is 12.9. The molecule has 0 fully saturated rings. The van der Waals surface area contributed by atoms with Crippen LogP contribution < -0.4 is 5.32 Å². The lowest BCUT2D eigenvalue weighted by Crippen LogP contribution is -2.17. The summed E-state index contributed by atoms with van der Waals surface area (Å²) in [4.78, 5) is 10.3. The second kappa shape index (κ2) is 7.20. The van der Waals surface area contributed by atoms with Crippen molar-refractivity contribution in [1.82, 2.24) is 5.32 Å². The molecule has 0 saturated carbocycles. The van der Waals surface area contributed by atoms with Gasteiger partial charge in [0.05, 0.1) is 4.92 Å². The average Bonchev–Trinajstić information content (AvgIpc) is 2.45. The first-order valence-corrected chi connectivity index (χ1v) is 7.13. The highest BCUT2D eigenvalue weighted by molar-refractivity contribution is 6.31. The van der Waals surface area contributed by atoms with Gasteiger partial charge in [-0.25, -0.2) is 0 Å². The van der Waals surface area contributed by atoms with E-state index >= 15 is 0 Å². The first-order chi connectivity index (χ1) is 10.1. The molecule has 0 aliphatic rings. The van der Waals surface area contributed by atoms with E-state index in [0.29, 0.717) is 11.6 Å². The van der Waals surface area contributed by atoms with Crippen LogP contribution in [-0.4, -0.2) is 11.5 Å². The Kier molecular flexibility index (Phi) is 5.31. The Morgan fingerprint density at radius 2 is 2.05 bits per heavy atom. The summed E-state index contributed by atoms with van der Waals surface area (Å²) in [6.07, 6.45) is 0.911. The zero-order chi connectivity index (χ0) is 15.2. The van der Waals surface area contributed by atoms with E-state index in [0.717, 1.165) is 18.5 Å². The van der Waals surface area contributed by atoms with Gasteiger partial charge < -0.3 is 5.32 Å². The van der Waals surface area contributed by atoms with E-state index in [9.17, 15) is 10.1 Å². The van der Waals surface area contributed by atoms with Crippen LogP contribution in [-0.2, 0) is 13.0 Å². The summed E-state index contributed by atoms with van der Waals surface area (Å²) in [6.45, 7) is 3.38. The zero-order valence-electron chi connectivity index (χ0n) is 11.8. The molecular formula is C16H17ClN2O2. The van der Waals surface area contributed by atoms with Crippen LogP contribution in [0.1, 0.15) is 16.7 Å². The largest absolute Gasteiger partial charge is 0.312 e. The molecule has 0 aliphatic carbocycles. The molecule has 0 bridgehead atoms. The number of benzene rings is 2. The maximum absolute atomic E-state index is 10.8. The predicted octanol–water partition coefficient (Wildman–Crippen LogP) is 3.89.